The Labute approximate surface area is 146 Å². The fourth-order valence-corrected chi connectivity index (χ4v) is 4.01. The van der Waals surface area contributed by atoms with Gasteiger partial charge in [-0.1, -0.05) is 12.8 Å². The van der Waals surface area contributed by atoms with Crippen molar-refractivity contribution in [2.75, 3.05) is 26.7 Å². The van der Waals surface area contributed by atoms with E-state index in [-0.39, 0.29) is 24.6 Å². The molecule has 1 aromatic rings. The van der Waals surface area contributed by atoms with E-state index in [0.717, 1.165) is 12.8 Å². The van der Waals surface area contributed by atoms with E-state index < -0.39 is 0 Å². The molecule has 2 aliphatic rings. The number of ether oxygens (including phenoxy) is 1. The number of carbonyl (C=O) groups excluding carboxylic acids is 2. The van der Waals surface area contributed by atoms with Crippen molar-refractivity contribution in [2.45, 2.75) is 44.4 Å². The number of hydrogen-bond acceptors (Lipinski definition) is 4. The lowest BCUT2D eigenvalue weighted by molar-refractivity contribution is -0.146. The molecule has 1 saturated heterocycles. The number of carbonyl (C=O) groups is 2. The standard InChI is InChI=1S/C17H25N3O3S/c1-19-10-15(23-11-16(19)21)8-18-17(22)20(14-4-2-3-5-14)9-13-6-7-24-12-13/h6-7,12,14-15H,2-5,8-11H2,1H3,(H,18,22)/t15-/m1/s1. The van der Waals surface area contributed by atoms with E-state index in [0.29, 0.717) is 25.7 Å². The molecule has 0 unspecified atom stereocenters. The van der Waals surface area contributed by atoms with Crippen LogP contribution >= 0.6 is 11.3 Å². The Kier molecular flexibility index (Phi) is 5.73. The number of hydrogen-bond donors (Lipinski definition) is 1. The first-order valence-corrected chi connectivity index (χ1v) is 9.49. The van der Waals surface area contributed by atoms with Gasteiger partial charge in [-0.05, 0) is 35.2 Å². The van der Waals surface area contributed by atoms with Crippen molar-refractivity contribution in [1.82, 2.24) is 15.1 Å². The van der Waals surface area contributed by atoms with Crippen LogP contribution < -0.4 is 5.32 Å². The van der Waals surface area contributed by atoms with Gasteiger partial charge in [0.25, 0.3) is 0 Å². The van der Waals surface area contributed by atoms with E-state index in [1.165, 1.54) is 18.4 Å². The summed E-state index contributed by atoms with van der Waals surface area (Å²) in [7, 11) is 1.76. The number of nitrogens with zero attached hydrogens (tertiary/aromatic N) is 2. The molecule has 0 radical (unpaired) electrons. The number of morpholine rings is 1. The van der Waals surface area contributed by atoms with Crippen LogP contribution in [0.3, 0.4) is 0 Å². The Balaban J connectivity index is 1.55. The van der Waals surface area contributed by atoms with Crippen LogP contribution in [-0.2, 0) is 16.1 Å². The maximum atomic E-state index is 12.7. The number of amides is 3. The number of rotatable bonds is 5. The minimum atomic E-state index is -0.136. The van der Waals surface area contributed by atoms with Gasteiger partial charge >= 0.3 is 6.03 Å². The van der Waals surface area contributed by atoms with Gasteiger partial charge in [0.1, 0.15) is 6.61 Å². The van der Waals surface area contributed by atoms with Gasteiger partial charge in [-0.2, -0.15) is 11.3 Å². The Morgan fingerprint density at radius 2 is 2.25 bits per heavy atom. The summed E-state index contributed by atoms with van der Waals surface area (Å²) in [4.78, 5) is 27.8. The van der Waals surface area contributed by atoms with Gasteiger partial charge in [0.05, 0.1) is 6.10 Å². The molecule has 1 aliphatic heterocycles. The van der Waals surface area contributed by atoms with Crippen LogP contribution in [0.2, 0.25) is 0 Å². The van der Waals surface area contributed by atoms with Crippen molar-refractivity contribution in [1.29, 1.82) is 0 Å². The Bertz CT molecular complexity index is 557. The van der Waals surface area contributed by atoms with E-state index in [1.54, 1.807) is 23.3 Å². The third-order valence-corrected chi connectivity index (χ3v) is 5.52. The molecular formula is C17H25N3O3S. The molecule has 3 amide bonds. The van der Waals surface area contributed by atoms with Crippen molar-refractivity contribution in [3.63, 3.8) is 0 Å². The molecule has 132 valence electrons. The van der Waals surface area contributed by atoms with Crippen molar-refractivity contribution in [3.8, 4) is 0 Å². The molecule has 6 nitrogen and oxygen atoms in total. The van der Waals surface area contributed by atoms with Gasteiger partial charge in [-0.3, -0.25) is 4.79 Å². The second-order valence-corrected chi connectivity index (χ2v) is 7.37. The average molecular weight is 351 g/mol. The molecule has 1 saturated carbocycles. The molecule has 1 aliphatic carbocycles. The van der Waals surface area contributed by atoms with E-state index in [1.807, 2.05) is 10.3 Å². The van der Waals surface area contributed by atoms with Crippen LogP contribution in [0.4, 0.5) is 4.79 Å². The SMILES string of the molecule is CN1C[C@@H](CNC(=O)N(Cc2ccsc2)C2CCCC2)OCC1=O. The molecule has 1 aromatic heterocycles. The first-order valence-electron chi connectivity index (χ1n) is 8.54. The summed E-state index contributed by atoms with van der Waals surface area (Å²) in [6, 6.07) is 2.36. The molecule has 0 aromatic carbocycles. The lowest BCUT2D eigenvalue weighted by Gasteiger charge is -2.32. The summed E-state index contributed by atoms with van der Waals surface area (Å²) >= 11 is 1.66. The lowest BCUT2D eigenvalue weighted by atomic mass is 10.2. The first-order chi connectivity index (χ1) is 11.6. The van der Waals surface area contributed by atoms with Crippen molar-refractivity contribution in [3.05, 3.63) is 22.4 Å². The summed E-state index contributed by atoms with van der Waals surface area (Å²) in [6.45, 7) is 1.71. The van der Waals surface area contributed by atoms with Gasteiger partial charge in [-0.15, -0.1) is 0 Å². The number of nitrogens with one attached hydrogen (secondary N) is 1. The van der Waals surface area contributed by atoms with Gasteiger partial charge in [-0.25, -0.2) is 4.79 Å². The summed E-state index contributed by atoms with van der Waals surface area (Å²) in [5.41, 5.74) is 1.18. The monoisotopic (exact) mass is 351 g/mol. The highest BCUT2D eigenvalue weighted by molar-refractivity contribution is 7.07. The Morgan fingerprint density at radius 3 is 2.92 bits per heavy atom. The highest BCUT2D eigenvalue weighted by Gasteiger charge is 2.28. The summed E-state index contributed by atoms with van der Waals surface area (Å²) in [5.74, 6) is -0.0115. The van der Waals surface area contributed by atoms with Crippen molar-refractivity contribution in [2.24, 2.45) is 0 Å². The average Bonchev–Trinajstić information content (AvgIpc) is 3.26. The number of likely N-dealkylation sites (N-methyl/N-ethyl adjacent to an activating group) is 1. The van der Waals surface area contributed by atoms with Gasteiger partial charge < -0.3 is 19.9 Å². The molecule has 24 heavy (non-hydrogen) atoms. The minimum absolute atomic E-state index is 0.0115. The minimum Gasteiger partial charge on any atom is -0.365 e. The second kappa shape index (κ2) is 7.98. The Morgan fingerprint density at radius 1 is 1.46 bits per heavy atom. The van der Waals surface area contributed by atoms with Crippen LogP contribution in [0.25, 0.3) is 0 Å². The molecule has 0 spiro atoms. The quantitative estimate of drug-likeness (QED) is 0.883. The zero-order valence-electron chi connectivity index (χ0n) is 14.1. The molecule has 2 heterocycles. The predicted octanol–water partition coefficient (Wildman–Crippen LogP) is 2.06. The van der Waals surface area contributed by atoms with Gasteiger partial charge in [0.2, 0.25) is 5.91 Å². The zero-order chi connectivity index (χ0) is 16.9. The maximum Gasteiger partial charge on any atom is 0.318 e. The highest BCUT2D eigenvalue weighted by atomic mass is 32.1. The third kappa shape index (κ3) is 4.27. The summed E-state index contributed by atoms with van der Waals surface area (Å²) in [6.07, 6.45) is 4.40. The molecule has 1 N–H and O–H groups in total. The molecule has 1 atom stereocenters. The predicted molar refractivity (Wildman–Crippen MR) is 92.9 cm³/mol. The van der Waals surface area contributed by atoms with Crippen LogP contribution in [0.15, 0.2) is 16.8 Å². The van der Waals surface area contributed by atoms with E-state index in [2.05, 4.69) is 16.8 Å². The van der Waals surface area contributed by atoms with Gasteiger partial charge in [0, 0.05) is 32.7 Å². The zero-order valence-corrected chi connectivity index (χ0v) is 14.9. The molecule has 7 heteroatoms. The van der Waals surface area contributed by atoms with Crippen LogP contribution in [-0.4, -0.2) is 60.6 Å². The molecule has 3 rings (SSSR count). The number of thiophene rings is 1. The Hall–Kier alpha value is -1.60. The fourth-order valence-electron chi connectivity index (χ4n) is 3.35. The van der Waals surface area contributed by atoms with Crippen LogP contribution in [0.5, 0.6) is 0 Å². The van der Waals surface area contributed by atoms with E-state index in [9.17, 15) is 9.59 Å². The topological polar surface area (TPSA) is 61.9 Å². The second-order valence-electron chi connectivity index (χ2n) is 6.59. The fraction of sp³-hybridized carbons (Fsp3) is 0.647. The molecule has 2 fully saturated rings. The maximum absolute atomic E-state index is 12.7. The largest absolute Gasteiger partial charge is 0.365 e. The normalized spacial score (nSPS) is 22.0. The van der Waals surface area contributed by atoms with Crippen LogP contribution in [0.1, 0.15) is 31.2 Å². The smallest absolute Gasteiger partial charge is 0.318 e. The van der Waals surface area contributed by atoms with Crippen molar-refractivity contribution >= 4 is 23.3 Å². The summed E-state index contributed by atoms with van der Waals surface area (Å²) in [5, 5.41) is 7.15. The summed E-state index contributed by atoms with van der Waals surface area (Å²) < 4.78 is 5.50. The van der Waals surface area contributed by atoms with E-state index in [4.69, 9.17) is 4.74 Å². The first kappa shape index (κ1) is 17.2. The third-order valence-electron chi connectivity index (χ3n) is 4.79. The lowest BCUT2D eigenvalue weighted by Crippen LogP contribution is -2.51. The number of urea groups is 1. The molecular weight excluding hydrogens is 326 g/mol. The van der Waals surface area contributed by atoms with Crippen LogP contribution in [0, 0.1) is 0 Å². The van der Waals surface area contributed by atoms with E-state index >= 15 is 0 Å². The highest BCUT2D eigenvalue weighted by Crippen LogP contribution is 2.25. The molecule has 0 bridgehead atoms. The van der Waals surface area contributed by atoms with Gasteiger partial charge in [0.15, 0.2) is 0 Å². The van der Waals surface area contributed by atoms with Crippen molar-refractivity contribution < 1.29 is 14.3 Å².